The van der Waals surface area contributed by atoms with E-state index in [1.165, 1.54) is 0 Å². The van der Waals surface area contributed by atoms with Crippen LogP contribution < -0.4 is 0 Å². The second-order valence-corrected chi connectivity index (χ2v) is 4.84. The van der Waals surface area contributed by atoms with Crippen molar-refractivity contribution in [2.75, 3.05) is 7.05 Å². The standard InChI is InChI=1S/C14H11BrN2O2/c1-17(9-12-6-7-13(15)19-12)14(18)11-4-2-10(8-16)3-5-11/h2-7H,9H2,1H3. The fourth-order valence-electron chi connectivity index (χ4n) is 1.65. The summed E-state index contributed by atoms with van der Waals surface area (Å²) in [5.74, 6) is 0.591. The summed E-state index contributed by atoms with van der Waals surface area (Å²) >= 11 is 3.22. The Morgan fingerprint density at radius 3 is 2.53 bits per heavy atom. The Morgan fingerprint density at radius 1 is 1.32 bits per heavy atom. The van der Waals surface area contributed by atoms with Gasteiger partial charge in [0.2, 0.25) is 0 Å². The van der Waals surface area contributed by atoms with Gasteiger partial charge in [-0.2, -0.15) is 5.26 Å². The molecular formula is C14H11BrN2O2. The maximum Gasteiger partial charge on any atom is 0.254 e. The van der Waals surface area contributed by atoms with Gasteiger partial charge in [0, 0.05) is 12.6 Å². The van der Waals surface area contributed by atoms with Gasteiger partial charge in [-0.3, -0.25) is 4.79 Å². The highest BCUT2D eigenvalue weighted by Crippen LogP contribution is 2.16. The fourth-order valence-corrected chi connectivity index (χ4v) is 1.99. The van der Waals surface area contributed by atoms with E-state index in [2.05, 4.69) is 15.9 Å². The van der Waals surface area contributed by atoms with Crippen LogP contribution in [0.4, 0.5) is 0 Å². The zero-order valence-electron chi connectivity index (χ0n) is 10.3. The fraction of sp³-hybridized carbons (Fsp3) is 0.143. The van der Waals surface area contributed by atoms with Gasteiger partial charge in [0.05, 0.1) is 18.2 Å². The van der Waals surface area contributed by atoms with Gasteiger partial charge in [-0.15, -0.1) is 0 Å². The van der Waals surface area contributed by atoms with Gasteiger partial charge >= 0.3 is 0 Å². The number of nitriles is 1. The molecule has 0 N–H and O–H groups in total. The van der Waals surface area contributed by atoms with Crippen molar-refractivity contribution in [3.05, 3.63) is 58.0 Å². The van der Waals surface area contributed by atoms with Gasteiger partial charge in [0.15, 0.2) is 4.67 Å². The maximum atomic E-state index is 12.1. The van der Waals surface area contributed by atoms with E-state index in [1.54, 1.807) is 42.3 Å². The molecule has 1 amide bonds. The average Bonchev–Trinajstić information content (AvgIpc) is 2.83. The number of furan rings is 1. The molecule has 0 aliphatic heterocycles. The number of amides is 1. The van der Waals surface area contributed by atoms with Crippen molar-refractivity contribution in [3.63, 3.8) is 0 Å². The molecule has 0 spiro atoms. The monoisotopic (exact) mass is 318 g/mol. The van der Waals surface area contributed by atoms with Crippen LogP contribution in [0.1, 0.15) is 21.7 Å². The van der Waals surface area contributed by atoms with E-state index in [1.807, 2.05) is 12.1 Å². The minimum Gasteiger partial charge on any atom is -0.452 e. The number of nitrogens with zero attached hydrogens (tertiary/aromatic N) is 2. The lowest BCUT2D eigenvalue weighted by Crippen LogP contribution is -2.25. The summed E-state index contributed by atoms with van der Waals surface area (Å²) in [6, 6.07) is 12.2. The molecule has 5 heteroatoms. The van der Waals surface area contributed by atoms with Gasteiger partial charge in [0.25, 0.3) is 5.91 Å². The first kappa shape index (κ1) is 13.4. The molecule has 0 radical (unpaired) electrons. The van der Waals surface area contributed by atoms with Crippen LogP contribution in [0.25, 0.3) is 0 Å². The van der Waals surface area contributed by atoms with Crippen LogP contribution in [0.5, 0.6) is 0 Å². The molecule has 4 nitrogen and oxygen atoms in total. The van der Waals surface area contributed by atoms with Crippen molar-refractivity contribution in [3.8, 4) is 6.07 Å². The van der Waals surface area contributed by atoms with Crippen LogP contribution in [-0.2, 0) is 6.54 Å². The highest BCUT2D eigenvalue weighted by atomic mass is 79.9. The van der Waals surface area contributed by atoms with E-state index in [4.69, 9.17) is 9.68 Å². The van der Waals surface area contributed by atoms with Crippen LogP contribution in [0.3, 0.4) is 0 Å². The molecule has 96 valence electrons. The summed E-state index contributed by atoms with van der Waals surface area (Å²) in [6.45, 7) is 0.393. The predicted octanol–water partition coefficient (Wildman–Crippen LogP) is 3.19. The first-order chi connectivity index (χ1) is 9.10. The normalized spacial score (nSPS) is 9.95. The van der Waals surface area contributed by atoms with Crippen molar-refractivity contribution >= 4 is 21.8 Å². The molecule has 0 fully saturated rings. The quantitative estimate of drug-likeness (QED) is 0.873. The van der Waals surface area contributed by atoms with E-state index < -0.39 is 0 Å². The molecule has 1 aromatic heterocycles. The number of benzene rings is 1. The molecule has 0 saturated carbocycles. The number of rotatable bonds is 3. The first-order valence-corrected chi connectivity index (χ1v) is 6.39. The smallest absolute Gasteiger partial charge is 0.254 e. The molecule has 0 saturated heterocycles. The number of hydrogen-bond donors (Lipinski definition) is 0. The zero-order valence-corrected chi connectivity index (χ0v) is 11.8. The van der Waals surface area contributed by atoms with Crippen LogP contribution in [0.2, 0.25) is 0 Å². The Kier molecular flexibility index (Phi) is 4.03. The molecule has 1 heterocycles. The highest BCUT2D eigenvalue weighted by Gasteiger charge is 2.13. The lowest BCUT2D eigenvalue weighted by Gasteiger charge is -2.15. The Balaban J connectivity index is 2.08. The zero-order chi connectivity index (χ0) is 13.8. The summed E-state index contributed by atoms with van der Waals surface area (Å²) in [6.07, 6.45) is 0. The molecule has 0 unspecified atom stereocenters. The van der Waals surface area contributed by atoms with Crippen LogP contribution >= 0.6 is 15.9 Å². The largest absolute Gasteiger partial charge is 0.452 e. The SMILES string of the molecule is CN(Cc1ccc(Br)o1)C(=O)c1ccc(C#N)cc1. The van der Waals surface area contributed by atoms with Crippen molar-refractivity contribution < 1.29 is 9.21 Å². The van der Waals surface area contributed by atoms with E-state index >= 15 is 0 Å². The van der Waals surface area contributed by atoms with E-state index in [-0.39, 0.29) is 5.91 Å². The number of hydrogen-bond acceptors (Lipinski definition) is 3. The first-order valence-electron chi connectivity index (χ1n) is 5.60. The average molecular weight is 319 g/mol. The van der Waals surface area contributed by atoms with E-state index in [9.17, 15) is 4.79 Å². The second kappa shape index (κ2) is 5.72. The van der Waals surface area contributed by atoms with Gasteiger partial charge in [-0.1, -0.05) is 0 Å². The Hall–Kier alpha value is -2.06. The van der Waals surface area contributed by atoms with Gasteiger partial charge < -0.3 is 9.32 Å². The van der Waals surface area contributed by atoms with E-state index in [0.29, 0.717) is 28.1 Å². The summed E-state index contributed by atoms with van der Waals surface area (Å²) in [4.78, 5) is 13.7. The molecule has 2 rings (SSSR count). The Bertz CT molecular complexity index is 626. The van der Waals surface area contributed by atoms with Gasteiger partial charge in [0.1, 0.15) is 5.76 Å². The van der Waals surface area contributed by atoms with Crippen molar-refractivity contribution in [2.45, 2.75) is 6.54 Å². The molecule has 0 bridgehead atoms. The van der Waals surface area contributed by atoms with Crippen LogP contribution in [0.15, 0.2) is 45.5 Å². The minimum atomic E-state index is -0.114. The van der Waals surface area contributed by atoms with Crippen molar-refractivity contribution in [2.24, 2.45) is 0 Å². The summed E-state index contributed by atoms with van der Waals surface area (Å²) in [7, 11) is 1.71. The molecule has 0 aliphatic rings. The topological polar surface area (TPSA) is 57.2 Å². The van der Waals surface area contributed by atoms with Gasteiger partial charge in [-0.25, -0.2) is 0 Å². The van der Waals surface area contributed by atoms with Crippen molar-refractivity contribution in [1.29, 1.82) is 5.26 Å². The molecule has 0 atom stereocenters. The predicted molar refractivity (Wildman–Crippen MR) is 73.4 cm³/mol. The number of halogens is 1. The lowest BCUT2D eigenvalue weighted by atomic mass is 10.1. The third kappa shape index (κ3) is 3.24. The molecule has 19 heavy (non-hydrogen) atoms. The van der Waals surface area contributed by atoms with Crippen molar-refractivity contribution in [1.82, 2.24) is 4.90 Å². The molecule has 0 aliphatic carbocycles. The third-order valence-corrected chi connectivity index (χ3v) is 3.06. The summed E-state index contributed by atoms with van der Waals surface area (Å²) in [5.41, 5.74) is 1.08. The number of carbonyl (C=O) groups is 1. The Morgan fingerprint density at radius 2 is 2.00 bits per heavy atom. The maximum absolute atomic E-state index is 12.1. The molecule has 2 aromatic rings. The Labute approximate surface area is 119 Å². The molecular weight excluding hydrogens is 308 g/mol. The summed E-state index contributed by atoms with van der Waals surface area (Å²) in [5, 5.41) is 8.71. The van der Waals surface area contributed by atoms with E-state index in [0.717, 1.165) is 0 Å². The highest BCUT2D eigenvalue weighted by molar-refractivity contribution is 9.10. The second-order valence-electron chi connectivity index (χ2n) is 4.06. The van der Waals surface area contributed by atoms with Crippen LogP contribution in [-0.4, -0.2) is 17.9 Å². The minimum absolute atomic E-state index is 0.114. The third-order valence-electron chi connectivity index (χ3n) is 2.63. The molecule has 1 aromatic carbocycles. The summed E-state index contributed by atoms with van der Waals surface area (Å²) < 4.78 is 6.00. The van der Waals surface area contributed by atoms with Crippen LogP contribution in [0, 0.1) is 11.3 Å². The number of carbonyl (C=O) groups excluding carboxylic acids is 1. The van der Waals surface area contributed by atoms with Gasteiger partial charge in [-0.05, 0) is 52.3 Å². The lowest BCUT2D eigenvalue weighted by molar-refractivity contribution is 0.0775.